The van der Waals surface area contributed by atoms with Crippen LogP contribution in [0, 0.1) is 5.92 Å². The quantitative estimate of drug-likeness (QED) is 0.684. The first kappa shape index (κ1) is 16.2. The van der Waals surface area contributed by atoms with Crippen molar-refractivity contribution in [2.75, 3.05) is 26.3 Å². The summed E-state index contributed by atoms with van der Waals surface area (Å²) < 4.78 is 9.75. The minimum absolute atomic E-state index is 0.459. The Balaban J connectivity index is 1.52. The van der Waals surface area contributed by atoms with Gasteiger partial charge in [-0.05, 0) is 12.5 Å². The van der Waals surface area contributed by atoms with E-state index in [1.807, 2.05) is 30.3 Å². The number of fused-ring (bicyclic) bond motifs is 1. The minimum atomic E-state index is 0.459. The largest absolute Gasteiger partial charge is 0.381 e. The highest BCUT2D eigenvalue weighted by Crippen LogP contribution is 2.33. The lowest BCUT2D eigenvalue weighted by Gasteiger charge is -2.16. The predicted octanol–water partition coefficient (Wildman–Crippen LogP) is 1.71. The Bertz CT molecular complexity index is 841. The monoisotopic (exact) mass is 340 g/mol. The van der Waals surface area contributed by atoms with E-state index < -0.39 is 0 Å². The number of imidazole rings is 1. The summed E-state index contributed by atoms with van der Waals surface area (Å²) in [5.74, 6) is 0.950. The molecule has 3 aromatic heterocycles. The molecule has 0 unspecified atom stereocenters. The van der Waals surface area contributed by atoms with Crippen molar-refractivity contribution >= 4 is 5.65 Å². The van der Waals surface area contributed by atoms with Gasteiger partial charge in [-0.25, -0.2) is 4.98 Å². The van der Waals surface area contributed by atoms with E-state index in [-0.39, 0.29) is 0 Å². The second-order valence-electron chi connectivity index (χ2n) is 6.72. The van der Waals surface area contributed by atoms with E-state index >= 15 is 0 Å². The van der Waals surface area contributed by atoms with Gasteiger partial charge in [0.1, 0.15) is 0 Å². The number of ether oxygens (including phenoxy) is 1. The summed E-state index contributed by atoms with van der Waals surface area (Å²) in [4.78, 5) is 11.1. The first-order chi connectivity index (χ1) is 12.2. The van der Waals surface area contributed by atoms with Gasteiger partial charge in [-0.1, -0.05) is 0 Å². The van der Waals surface area contributed by atoms with Crippen molar-refractivity contribution in [1.82, 2.24) is 29.0 Å². The van der Waals surface area contributed by atoms with E-state index in [9.17, 15) is 0 Å². The molecule has 1 fully saturated rings. The van der Waals surface area contributed by atoms with E-state index in [1.54, 1.807) is 12.4 Å². The van der Waals surface area contributed by atoms with Crippen LogP contribution in [0.3, 0.4) is 0 Å². The maximum atomic E-state index is 5.75. The van der Waals surface area contributed by atoms with Gasteiger partial charge in [0.15, 0.2) is 5.65 Å². The van der Waals surface area contributed by atoms with Crippen LogP contribution < -0.4 is 0 Å². The molecule has 7 heteroatoms. The number of aromatic nitrogens is 5. The zero-order chi connectivity index (χ0) is 17.2. The molecule has 1 aliphatic rings. The molecule has 3 aromatic rings. The molecule has 1 aliphatic heterocycles. The van der Waals surface area contributed by atoms with Crippen LogP contribution in [-0.2, 0) is 18.3 Å². The van der Waals surface area contributed by atoms with E-state index in [4.69, 9.17) is 4.74 Å². The Morgan fingerprint density at radius 2 is 2.16 bits per heavy atom. The van der Waals surface area contributed by atoms with Gasteiger partial charge in [0, 0.05) is 63.7 Å². The molecule has 0 aliphatic carbocycles. The number of aryl methyl sites for hydroxylation is 1. The average molecular weight is 340 g/mol. The van der Waals surface area contributed by atoms with Crippen molar-refractivity contribution in [3.05, 3.63) is 48.4 Å². The fourth-order valence-corrected chi connectivity index (χ4v) is 3.78. The summed E-state index contributed by atoms with van der Waals surface area (Å²) in [6, 6.07) is 0. The molecule has 0 aromatic carbocycles. The number of likely N-dealkylation sites (tertiary alicyclic amines) is 1. The van der Waals surface area contributed by atoms with Crippen LogP contribution in [0.5, 0.6) is 0 Å². The Hall–Kier alpha value is -2.25. The van der Waals surface area contributed by atoms with Gasteiger partial charge >= 0.3 is 0 Å². The average Bonchev–Trinajstić information content (AvgIpc) is 3.32. The molecule has 25 heavy (non-hydrogen) atoms. The number of hydrogen-bond donors (Lipinski definition) is 0. The predicted molar refractivity (Wildman–Crippen MR) is 94.2 cm³/mol. The summed E-state index contributed by atoms with van der Waals surface area (Å²) in [7, 11) is 1.97. The van der Waals surface area contributed by atoms with Crippen LogP contribution in [0.15, 0.2) is 37.2 Å². The maximum absolute atomic E-state index is 5.75. The molecule has 2 atom stereocenters. The lowest BCUT2D eigenvalue weighted by atomic mass is 9.92. The molecular weight excluding hydrogens is 316 g/mol. The molecule has 0 spiro atoms. The van der Waals surface area contributed by atoms with Crippen LogP contribution in [0.25, 0.3) is 5.65 Å². The molecule has 4 rings (SSSR count). The second-order valence-corrected chi connectivity index (χ2v) is 6.72. The summed E-state index contributed by atoms with van der Waals surface area (Å²) in [6.07, 6.45) is 11.7. The van der Waals surface area contributed by atoms with Crippen LogP contribution in [0.2, 0.25) is 0 Å². The molecule has 0 radical (unpaired) electrons. The third-order valence-electron chi connectivity index (χ3n) is 4.99. The van der Waals surface area contributed by atoms with Crippen LogP contribution >= 0.6 is 0 Å². The van der Waals surface area contributed by atoms with Crippen molar-refractivity contribution in [3.63, 3.8) is 0 Å². The van der Waals surface area contributed by atoms with Gasteiger partial charge in [0.2, 0.25) is 0 Å². The molecule has 0 amide bonds. The number of rotatable bonds is 6. The lowest BCUT2D eigenvalue weighted by Crippen LogP contribution is -2.22. The normalized spacial score (nSPS) is 21.4. The second kappa shape index (κ2) is 6.93. The smallest absolute Gasteiger partial charge is 0.155 e. The van der Waals surface area contributed by atoms with Gasteiger partial charge in [0.05, 0.1) is 30.9 Å². The van der Waals surface area contributed by atoms with E-state index in [2.05, 4.69) is 37.5 Å². The highest BCUT2D eigenvalue weighted by molar-refractivity contribution is 5.36. The standard InChI is InChI=1S/C18H24N6O/c1-3-25-13-15-10-23(12-17(15)14-6-21-22(2)9-14)11-16-7-20-18-8-19-4-5-24(16)18/h4-9,15,17H,3,10-13H2,1-2H3/t15-,17-/m0/s1. The Labute approximate surface area is 147 Å². The fraction of sp³-hybridized carbons (Fsp3) is 0.500. The lowest BCUT2D eigenvalue weighted by molar-refractivity contribution is 0.107. The van der Waals surface area contributed by atoms with Gasteiger partial charge in [0.25, 0.3) is 0 Å². The molecular formula is C18H24N6O. The molecule has 0 bridgehead atoms. The Morgan fingerprint density at radius 3 is 2.96 bits per heavy atom. The van der Waals surface area contributed by atoms with Gasteiger partial charge in [-0.3, -0.25) is 19.0 Å². The SMILES string of the molecule is CCOC[C@@H]1CN(Cc2cnc3cnccn23)C[C@H]1c1cnn(C)c1. The zero-order valence-corrected chi connectivity index (χ0v) is 14.7. The van der Waals surface area contributed by atoms with E-state index in [0.717, 1.165) is 38.5 Å². The van der Waals surface area contributed by atoms with Crippen molar-refractivity contribution in [2.24, 2.45) is 13.0 Å². The third kappa shape index (κ3) is 3.29. The first-order valence-electron chi connectivity index (χ1n) is 8.79. The van der Waals surface area contributed by atoms with Gasteiger partial charge in [-0.15, -0.1) is 0 Å². The van der Waals surface area contributed by atoms with Crippen molar-refractivity contribution in [1.29, 1.82) is 0 Å². The highest BCUT2D eigenvalue weighted by atomic mass is 16.5. The molecule has 132 valence electrons. The highest BCUT2D eigenvalue weighted by Gasteiger charge is 2.34. The van der Waals surface area contributed by atoms with Gasteiger partial charge < -0.3 is 4.74 Å². The maximum Gasteiger partial charge on any atom is 0.155 e. The van der Waals surface area contributed by atoms with E-state index in [0.29, 0.717) is 11.8 Å². The summed E-state index contributed by atoms with van der Waals surface area (Å²) >= 11 is 0. The summed E-state index contributed by atoms with van der Waals surface area (Å²) in [6.45, 7) is 6.53. The fourth-order valence-electron chi connectivity index (χ4n) is 3.78. The molecule has 0 N–H and O–H groups in total. The Kier molecular flexibility index (Phi) is 4.50. The zero-order valence-electron chi connectivity index (χ0n) is 14.7. The van der Waals surface area contributed by atoms with Gasteiger partial charge in [-0.2, -0.15) is 5.10 Å². The molecule has 4 heterocycles. The number of nitrogens with zero attached hydrogens (tertiary/aromatic N) is 6. The summed E-state index contributed by atoms with van der Waals surface area (Å²) in [5, 5.41) is 4.35. The Morgan fingerprint density at radius 1 is 1.24 bits per heavy atom. The topological polar surface area (TPSA) is 60.5 Å². The van der Waals surface area contributed by atoms with Crippen LogP contribution in [0.1, 0.15) is 24.1 Å². The van der Waals surface area contributed by atoms with Crippen molar-refractivity contribution < 1.29 is 4.74 Å². The first-order valence-corrected chi connectivity index (χ1v) is 8.79. The summed E-state index contributed by atoms with van der Waals surface area (Å²) in [5.41, 5.74) is 3.39. The molecule has 7 nitrogen and oxygen atoms in total. The van der Waals surface area contributed by atoms with Crippen molar-refractivity contribution in [3.8, 4) is 0 Å². The third-order valence-corrected chi connectivity index (χ3v) is 4.99. The molecule has 0 saturated carbocycles. The number of hydrogen-bond acceptors (Lipinski definition) is 5. The molecule has 1 saturated heterocycles. The minimum Gasteiger partial charge on any atom is -0.381 e. The van der Waals surface area contributed by atoms with E-state index in [1.165, 1.54) is 11.3 Å². The van der Waals surface area contributed by atoms with Crippen molar-refractivity contribution in [2.45, 2.75) is 19.4 Å². The van der Waals surface area contributed by atoms with Crippen LogP contribution in [-0.4, -0.2) is 55.4 Å². The van der Waals surface area contributed by atoms with Crippen LogP contribution in [0.4, 0.5) is 0 Å².